The van der Waals surface area contributed by atoms with Gasteiger partial charge in [0.05, 0.1) is 17.7 Å². The van der Waals surface area contributed by atoms with Crippen molar-refractivity contribution in [2.75, 3.05) is 12.4 Å². The molecule has 7 nitrogen and oxygen atoms in total. The molecule has 0 heterocycles. The highest BCUT2D eigenvalue weighted by molar-refractivity contribution is 9.10. The molecule has 1 N–H and O–H groups in total. The molecule has 0 aromatic heterocycles. The summed E-state index contributed by atoms with van der Waals surface area (Å²) in [5.41, 5.74) is 0.0653. The lowest BCUT2D eigenvalue weighted by Gasteiger charge is -2.16. The van der Waals surface area contributed by atoms with E-state index in [9.17, 15) is 14.9 Å². The highest BCUT2D eigenvalue weighted by atomic mass is 79.9. The van der Waals surface area contributed by atoms with Crippen LogP contribution < -0.4 is 14.8 Å². The molecule has 8 heteroatoms. The summed E-state index contributed by atoms with van der Waals surface area (Å²) in [5, 5.41) is 13.5. The highest BCUT2D eigenvalue weighted by Gasteiger charge is 2.19. The number of nitrogens with one attached hydrogen (secondary N) is 1. The van der Waals surface area contributed by atoms with E-state index in [4.69, 9.17) is 9.47 Å². The van der Waals surface area contributed by atoms with E-state index >= 15 is 0 Å². The largest absolute Gasteiger partial charge is 0.495 e. The second-order valence-electron chi connectivity index (χ2n) is 4.84. The summed E-state index contributed by atoms with van der Waals surface area (Å²) in [6.45, 7) is 1.58. The van der Waals surface area contributed by atoms with Gasteiger partial charge in [-0.25, -0.2) is 0 Å². The topological polar surface area (TPSA) is 90.7 Å². The Morgan fingerprint density at radius 1 is 1.25 bits per heavy atom. The summed E-state index contributed by atoms with van der Waals surface area (Å²) in [5.74, 6) is 0.411. The molecule has 1 unspecified atom stereocenters. The zero-order valence-corrected chi connectivity index (χ0v) is 14.6. The predicted molar refractivity (Wildman–Crippen MR) is 92.5 cm³/mol. The van der Waals surface area contributed by atoms with Crippen molar-refractivity contribution in [1.82, 2.24) is 0 Å². The van der Waals surface area contributed by atoms with E-state index in [-0.39, 0.29) is 11.4 Å². The van der Waals surface area contributed by atoms with Crippen LogP contribution in [0.1, 0.15) is 6.92 Å². The summed E-state index contributed by atoms with van der Waals surface area (Å²) in [6.07, 6.45) is -0.796. The van der Waals surface area contributed by atoms with E-state index in [0.717, 1.165) is 4.47 Å². The number of carbonyl (C=O) groups is 1. The second kappa shape index (κ2) is 7.78. The Morgan fingerprint density at radius 3 is 2.50 bits per heavy atom. The average Bonchev–Trinajstić information content (AvgIpc) is 2.56. The van der Waals surface area contributed by atoms with Crippen LogP contribution in [0.4, 0.5) is 11.4 Å². The lowest BCUT2D eigenvalue weighted by atomic mass is 10.2. The van der Waals surface area contributed by atoms with Crippen molar-refractivity contribution in [3.63, 3.8) is 0 Å². The van der Waals surface area contributed by atoms with Crippen molar-refractivity contribution in [2.24, 2.45) is 0 Å². The first-order chi connectivity index (χ1) is 11.4. The number of non-ortho nitro benzene ring substituents is 1. The van der Waals surface area contributed by atoms with Crippen molar-refractivity contribution < 1.29 is 19.2 Å². The molecule has 0 aliphatic rings. The number of methoxy groups -OCH3 is 1. The summed E-state index contributed by atoms with van der Waals surface area (Å²) < 4.78 is 11.6. The molecular weight excluding hydrogens is 380 g/mol. The van der Waals surface area contributed by atoms with Gasteiger partial charge in [-0.2, -0.15) is 0 Å². The number of nitro groups is 1. The highest BCUT2D eigenvalue weighted by Crippen LogP contribution is 2.29. The minimum absolute atomic E-state index is 0.146. The molecule has 0 spiro atoms. The molecule has 0 aliphatic heterocycles. The molecule has 1 atom stereocenters. The molecule has 0 saturated carbocycles. The van der Waals surface area contributed by atoms with Crippen LogP contribution in [0.2, 0.25) is 0 Å². The first-order valence-electron chi connectivity index (χ1n) is 6.96. The number of nitrogens with zero attached hydrogens (tertiary/aromatic N) is 1. The van der Waals surface area contributed by atoms with E-state index in [1.807, 2.05) is 0 Å². The van der Waals surface area contributed by atoms with Crippen molar-refractivity contribution in [3.05, 3.63) is 57.1 Å². The van der Waals surface area contributed by atoms with Gasteiger partial charge in [0.15, 0.2) is 6.10 Å². The molecule has 126 valence electrons. The first kappa shape index (κ1) is 17.7. The lowest BCUT2D eigenvalue weighted by molar-refractivity contribution is -0.384. The Balaban J connectivity index is 2.11. The minimum Gasteiger partial charge on any atom is -0.495 e. The Morgan fingerprint density at radius 2 is 1.92 bits per heavy atom. The van der Waals surface area contributed by atoms with Crippen LogP contribution in [0.5, 0.6) is 11.5 Å². The van der Waals surface area contributed by atoms with Crippen molar-refractivity contribution in [1.29, 1.82) is 0 Å². The Labute approximate surface area is 146 Å². The van der Waals surface area contributed by atoms with Crippen LogP contribution >= 0.6 is 15.9 Å². The first-order valence-corrected chi connectivity index (χ1v) is 7.75. The van der Waals surface area contributed by atoms with E-state index in [2.05, 4.69) is 21.2 Å². The monoisotopic (exact) mass is 394 g/mol. The fraction of sp³-hybridized carbons (Fsp3) is 0.188. The van der Waals surface area contributed by atoms with Gasteiger partial charge in [0.2, 0.25) is 0 Å². The standard InChI is InChI=1S/C16H15BrN2O5/c1-10(24-13-6-3-11(17)4-7-13)16(20)18-14-9-12(19(21)22)5-8-15(14)23-2/h3-10H,1-2H3,(H,18,20). The number of rotatable bonds is 6. The van der Waals surface area contributed by atoms with E-state index < -0.39 is 16.9 Å². The van der Waals surface area contributed by atoms with Crippen molar-refractivity contribution in [2.45, 2.75) is 13.0 Å². The number of amides is 1. The number of anilines is 1. The number of hydrogen-bond donors (Lipinski definition) is 1. The number of ether oxygens (including phenoxy) is 2. The number of hydrogen-bond acceptors (Lipinski definition) is 5. The average molecular weight is 395 g/mol. The number of nitro benzene ring substituents is 1. The number of carbonyl (C=O) groups excluding carboxylic acids is 1. The molecular formula is C16H15BrN2O5. The molecule has 2 rings (SSSR count). The number of benzene rings is 2. The van der Waals surface area contributed by atoms with Gasteiger partial charge in [-0.15, -0.1) is 0 Å². The third-order valence-electron chi connectivity index (χ3n) is 3.15. The van der Waals surface area contributed by atoms with E-state index in [1.54, 1.807) is 31.2 Å². The molecule has 0 saturated heterocycles. The maximum atomic E-state index is 12.3. The quantitative estimate of drug-likeness (QED) is 0.594. The van der Waals surface area contributed by atoms with Gasteiger partial charge >= 0.3 is 0 Å². The molecule has 1 amide bonds. The predicted octanol–water partition coefficient (Wildman–Crippen LogP) is 3.77. The van der Waals surface area contributed by atoms with Crippen LogP contribution in [0, 0.1) is 10.1 Å². The molecule has 2 aromatic carbocycles. The van der Waals surface area contributed by atoms with Gasteiger partial charge in [0.1, 0.15) is 11.5 Å². The third-order valence-corrected chi connectivity index (χ3v) is 3.68. The fourth-order valence-corrected chi connectivity index (χ4v) is 2.18. The lowest BCUT2D eigenvalue weighted by Crippen LogP contribution is -2.30. The minimum atomic E-state index is -0.796. The Hall–Kier alpha value is -2.61. The Kier molecular flexibility index (Phi) is 5.75. The maximum absolute atomic E-state index is 12.3. The summed E-state index contributed by atoms with van der Waals surface area (Å²) in [6, 6.07) is 11.0. The van der Waals surface area contributed by atoms with Crippen LogP contribution in [0.3, 0.4) is 0 Å². The number of halogens is 1. The SMILES string of the molecule is COc1ccc([N+](=O)[O-])cc1NC(=O)C(C)Oc1ccc(Br)cc1. The molecule has 2 aromatic rings. The molecule has 0 aliphatic carbocycles. The van der Waals surface area contributed by atoms with E-state index in [0.29, 0.717) is 11.5 Å². The molecule has 0 fully saturated rings. The van der Waals surface area contributed by atoms with Crippen LogP contribution in [-0.2, 0) is 4.79 Å². The molecule has 0 radical (unpaired) electrons. The summed E-state index contributed by atoms with van der Waals surface area (Å²) in [7, 11) is 1.42. The fourth-order valence-electron chi connectivity index (χ4n) is 1.91. The third kappa shape index (κ3) is 4.45. The summed E-state index contributed by atoms with van der Waals surface area (Å²) >= 11 is 3.32. The zero-order chi connectivity index (χ0) is 17.7. The van der Waals surface area contributed by atoms with Gasteiger partial charge in [-0.3, -0.25) is 14.9 Å². The maximum Gasteiger partial charge on any atom is 0.271 e. The second-order valence-corrected chi connectivity index (χ2v) is 5.76. The van der Waals surface area contributed by atoms with Gasteiger partial charge in [-0.05, 0) is 37.3 Å². The van der Waals surface area contributed by atoms with Crippen molar-refractivity contribution >= 4 is 33.2 Å². The van der Waals surface area contributed by atoms with Gasteiger partial charge in [0.25, 0.3) is 11.6 Å². The smallest absolute Gasteiger partial charge is 0.271 e. The van der Waals surface area contributed by atoms with Crippen LogP contribution in [0.25, 0.3) is 0 Å². The summed E-state index contributed by atoms with van der Waals surface area (Å²) in [4.78, 5) is 22.6. The Bertz CT molecular complexity index is 749. The van der Waals surface area contributed by atoms with Gasteiger partial charge in [0, 0.05) is 16.6 Å². The molecule has 24 heavy (non-hydrogen) atoms. The zero-order valence-electron chi connectivity index (χ0n) is 13.0. The molecule has 0 bridgehead atoms. The normalized spacial score (nSPS) is 11.5. The van der Waals surface area contributed by atoms with Crippen LogP contribution in [0.15, 0.2) is 46.9 Å². The van der Waals surface area contributed by atoms with Gasteiger partial charge < -0.3 is 14.8 Å². The van der Waals surface area contributed by atoms with Crippen LogP contribution in [-0.4, -0.2) is 24.0 Å². The van der Waals surface area contributed by atoms with E-state index in [1.165, 1.54) is 25.3 Å². The van der Waals surface area contributed by atoms with Gasteiger partial charge in [-0.1, -0.05) is 15.9 Å². The van der Waals surface area contributed by atoms with Crippen molar-refractivity contribution in [3.8, 4) is 11.5 Å².